The van der Waals surface area contributed by atoms with E-state index < -0.39 is 6.10 Å². The fourth-order valence-electron chi connectivity index (χ4n) is 1.80. The summed E-state index contributed by atoms with van der Waals surface area (Å²) in [5.41, 5.74) is 1.15. The summed E-state index contributed by atoms with van der Waals surface area (Å²) in [4.78, 5) is 4.19. The molecule has 0 aliphatic heterocycles. The van der Waals surface area contributed by atoms with E-state index in [1.807, 2.05) is 6.07 Å². The maximum absolute atomic E-state index is 10.5. The molecular formula is C14H14BrNO3. The standard InChI is InChI=1S/C14H14BrNO3/c1-18-9-5-6-12(19-2)10(8-9)14(17)13-11(15)4-3-7-16-13/h3-8,14,17H,1-2H3. The van der Waals surface area contributed by atoms with Crippen molar-refractivity contribution in [3.8, 4) is 11.5 Å². The maximum Gasteiger partial charge on any atom is 0.126 e. The zero-order valence-electron chi connectivity index (χ0n) is 10.6. The molecule has 0 aliphatic carbocycles. The highest BCUT2D eigenvalue weighted by molar-refractivity contribution is 9.10. The molecule has 0 saturated heterocycles. The lowest BCUT2D eigenvalue weighted by Gasteiger charge is -2.16. The van der Waals surface area contributed by atoms with Gasteiger partial charge in [0.1, 0.15) is 17.6 Å². The summed E-state index contributed by atoms with van der Waals surface area (Å²) < 4.78 is 11.2. The van der Waals surface area contributed by atoms with Gasteiger partial charge in [-0.1, -0.05) is 0 Å². The topological polar surface area (TPSA) is 51.6 Å². The third-order valence-electron chi connectivity index (χ3n) is 2.78. The Bertz CT molecular complexity index is 574. The summed E-state index contributed by atoms with van der Waals surface area (Å²) in [6, 6.07) is 8.91. The van der Waals surface area contributed by atoms with Gasteiger partial charge in [0.2, 0.25) is 0 Å². The van der Waals surface area contributed by atoms with Crippen molar-refractivity contribution in [2.24, 2.45) is 0 Å². The zero-order chi connectivity index (χ0) is 13.8. The lowest BCUT2D eigenvalue weighted by Crippen LogP contribution is -2.05. The van der Waals surface area contributed by atoms with Gasteiger partial charge in [-0.05, 0) is 46.3 Å². The first-order chi connectivity index (χ1) is 9.17. The van der Waals surface area contributed by atoms with Gasteiger partial charge in [0, 0.05) is 16.2 Å². The monoisotopic (exact) mass is 323 g/mol. The predicted octanol–water partition coefficient (Wildman–Crippen LogP) is 2.94. The van der Waals surface area contributed by atoms with Gasteiger partial charge < -0.3 is 14.6 Å². The number of hydrogen-bond acceptors (Lipinski definition) is 4. The Labute approximate surface area is 120 Å². The summed E-state index contributed by atoms with van der Waals surface area (Å²) in [6.07, 6.45) is 0.747. The second-order valence-corrected chi connectivity index (χ2v) is 4.74. The molecule has 1 aromatic carbocycles. The molecule has 0 aliphatic rings. The van der Waals surface area contributed by atoms with Crippen molar-refractivity contribution in [2.75, 3.05) is 14.2 Å². The molecule has 0 radical (unpaired) electrons. The number of halogens is 1. The summed E-state index contributed by atoms with van der Waals surface area (Å²) in [6.45, 7) is 0. The molecule has 0 spiro atoms. The van der Waals surface area contributed by atoms with Crippen LogP contribution in [0.3, 0.4) is 0 Å². The van der Waals surface area contributed by atoms with Crippen LogP contribution in [0.5, 0.6) is 11.5 Å². The molecule has 1 unspecified atom stereocenters. The molecule has 0 saturated carbocycles. The Morgan fingerprint density at radius 3 is 2.63 bits per heavy atom. The Morgan fingerprint density at radius 1 is 1.21 bits per heavy atom. The molecule has 0 bridgehead atoms. The molecule has 5 heteroatoms. The minimum Gasteiger partial charge on any atom is -0.497 e. The highest BCUT2D eigenvalue weighted by atomic mass is 79.9. The predicted molar refractivity (Wildman–Crippen MR) is 75.5 cm³/mol. The van der Waals surface area contributed by atoms with E-state index in [1.54, 1.807) is 44.7 Å². The van der Waals surface area contributed by atoms with E-state index >= 15 is 0 Å². The number of aromatic nitrogens is 1. The van der Waals surface area contributed by atoms with Crippen LogP contribution in [0, 0.1) is 0 Å². The number of aliphatic hydroxyl groups excluding tert-OH is 1. The van der Waals surface area contributed by atoms with E-state index in [2.05, 4.69) is 20.9 Å². The molecule has 2 aromatic rings. The van der Waals surface area contributed by atoms with Crippen molar-refractivity contribution in [2.45, 2.75) is 6.10 Å². The first-order valence-electron chi connectivity index (χ1n) is 5.67. The molecule has 1 heterocycles. The summed E-state index contributed by atoms with van der Waals surface area (Å²) >= 11 is 3.38. The van der Waals surface area contributed by atoms with Crippen LogP contribution in [0.25, 0.3) is 0 Å². The van der Waals surface area contributed by atoms with Gasteiger partial charge in [-0.3, -0.25) is 4.98 Å². The molecule has 100 valence electrons. The molecule has 2 rings (SSSR count). The summed E-state index contributed by atoms with van der Waals surface area (Å²) in [5, 5.41) is 10.5. The molecule has 1 aromatic heterocycles. The van der Waals surface area contributed by atoms with Crippen molar-refractivity contribution >= 4 is 15.9 Å². The van der Waals surface area contributed by atoms with E-state index in [-0.39, 0.29) is 0 Å². The Kier molecular flexibility index (Phi) is 4.39. The van der Waals surface area contributed by atoms with E-state index in [4.69, 9.17) is 9.47 Å². The maximum atomic E-state index is 10.5. The van der Waals surface area contributed by atoms with Gasteiger partial charge in [0.25, 0.3) is 0 Å². The van der Waals surface area contributed by atoms with Crippen LogP contribution in [-0.4, -0.2) is 24.3 Å². The normalized spacial score (nSPS) is 12.0. The number of rotatable bonds is 4. The average molecular weight is 324 g/mol. The number of aliphatic hydroxyl groups is 1. The highest BCUT2D eigenvalue weighted by Gasteiger charge is 2.19. The van der Waals surface area contributed by atoms with Crippen molar-refractivity contribution in [1.82, 2.24) is 4.98 Å². The summed E-state index contributed by atoms with van der Waals surface area (Å²) in [5.74, 6) is 1.24. The van der Waals surface area contributed by atoms with Crippen LogP contribution in [-0.2, 0) is 0 Å². The SMILES string of the molecule is COc1ccc(OC)c(C(O)c2ncccc2Br)c1. The first kappa shape index (κ1) is 13.8. The number of hydrogen-bond donors (Lipinski definition) is 1. The average Bonchev–Trinajstić information content (AvgIpc) is 2.46. The van der Waals surface area contributed by atoms with E-state index in [9.17, 15) is 5.11 Å². The molecule has 1 N–H and O–H groups in total. The van der Waals surface area contributed by atoms with Gasteiger partial charge in [0.15, 0.2) is 0 Å². The number of nitrogens with zero attached hydrogens (tertiary/aromatic N) is 1. The van der Waals surface area contributed by atoms with Gasteiger partial charge in [0.05, 0.1) is 19.9 Å². The van der Waals surface area contributed by atoms with Crippen LogP contribution in [0.15, 0.2) is 41.0 Å². The Morgan fingerprint density at radius 2 is 2.00 bits per heavy atom. The largest absolute Gasteiger partial charge is 0.497 e. The van der Waals surface area contributed by atoms with Gasteiger partial charge >= 0.3 is 0 Å². The third kappa shape index (κ3) is 2.88. The first-order valence-corrected chi connectivity index (χ1v) is 6.47. The second-order valence-electron chi connectivity index (χ2n) is 3.88. The van der Waals surface area contributed by atoms with Crippen molar-refractivity contribution in [3.05, 3.63) is 52.3 Å². The van der Waals surface area contributed by atoms with Crippen LogP contribution < -0.4 is 9.47 Å². The van der Waals surface area contributed by atoms with Crippen molar-refractivity contribution < 1.29 is 14.6 Å². The number of benzene rings is 1. The fraction of sp³-hybridized carbons (Fsp3) is 0.214. The lowest BCUT2D eigenvalue weighted by molar-refractivity contribution is 0.208. The molecule has 19 heavy (non-hydrogen) atoms. The van der Waals surface area contributed by atoms with E-state index in [1.165, 1.54) is 0 Å². The molecule has 4 nitrogen and oxygen atoms in total. The molecule has 0 amide bonds. The van der Waals surface area contributed by atoms with Gasteiger partial charge in [-0.25, -0.2) is 0 Å². The van der Waals surface area contributed by atoms with Gasteiger partial charge in [-0.2, -0.15) is 0 Å². The number of pyridine rings is 1. The van der Waals surface area contributed by atoms with Crippen LogP contribution in [0.4, 0.5) is 0 Å². The van der Waals surface area contributed by atoms with Crippen molar-refractivity contribution in [1.29, 1.82) is 0 Å². The second kappa shape index (κ2) is 6.04. The molecule has 0 fully saturated rings. The smallest absolute Gasteiger partial charge is 0.126 e. The minimum absolute atomic E-state index is 0.536. The Balaban J connectivity index is 2.48. The van der Waals surface area contributed by atoms with Crippen LogP contribution in [0.1, 0.15) is 17.4 Å². The zero-order valence-corrected chi connectivity index (χ0v) is 12.2. The summed E-state index contributed by atoms with van der Waals surface area (Å²) in [7, 11) is 3.14. The highest BCUT2D eigenvalue weighted by Crippen LogP contribution is 2.34. The Hall–Kier alpha value is -1.59. The number of methoxy groups -OCH3 is 2. The third-order valence-corrected chi connectivity index (χ3v) is 3.45. The quantitative estimate of drug-likeness (QED) is 0.939. The van der Waals surface area contributed by atoms with Gasteiger partial charge in [-0.15, -0.1) is 0 Å². The molecule has 1 atom stereocenters. The minimum atomic E-state index is -0.888. The molecular weight excluding hydrogens is 310 g/mol. The van der Waals surface area contributed by atoms with Crippen LogP contribution in [0.2, 0.25) is 0 Å². The fourth-order valence-corrected chi connectivity index (χ4v) is 2.27. The van der Waals surface area contributed by atoms with Crippen molar-refractivity contribution in [3.63, 3.8) is 0 Å². The lowest BCUT2D eigenvalue weighted by atomic mass is 10.0. The van der Waals surface area contributed by atoms with Crippen LogP contribution >= 0.6 is 15.9 Å². The number of ether oxygens (including phenoxy) is 2. The van der Waals surface area contributed by atoms with E-state index in [0.717, 1.165) is 4.47 Å². The van der Waals surface area contributed by atoms with E-state index in [0.29, 0.717) is 22.8 Å².